The van der Waals surface area contributed by atoms with Gasteiger partial charge >= 0.3 is 0 Å². The fourth-order valence-corrected chi connectivity index (χ4v) is 1.75. The third kappa shape index (κ3) is 3.33. The fraction of sp³-hybridized carbons (Fsp3) is 0.500. The first kappa shape index (κ1) is 13.8. The maximum Gasteiger partial charge on any atom is 0.165 e. The zero-order valence-electron chi connectivity index (χ0n) is 10.9. The second-order valence-corrected chi connectivity index (χ2v) is 3.89. The summed E-state index contributed by atoms with van der Waals surface area (Å²) in [6.07, 6.45) is 0. The van der Waals surface area contributed by atoms with Crippen molar-refractivity contribution in [1.82, 2.24) is 10.4 Å². The molecule has 0 heterocycles. The van der Waals surface area contributed by atoms with Crippen LogP contribution in [-0.2, 0) is 0 Å². The molecule has 0 saturated heterocycles. The van der Waals surface area contributed by atoms with E-state index in [-0.39, 0.29) is 6.04 Å². The molecular weight excluding hydrogens is 218 g/mol. The van der Waals surface area contributed by atoms with Crippen LogP contribution in [0.5, 0.6) is 11.5 Å². The van der Waals surface area contributed by atoms with E-state index in [1.54, 1.807) is 14.2 Å². The monoisotopic (exact) mass is 239 g/mol. The topological polar surface area (TPSA) is 59.8 Å². The van der Waals surface area contributed by atoms with Crippen LogP contribution in [0, 0.1) is 0 Å². The van der Waals surface area contributed by atoms with E-state index < -0.39 is 0 Å². The Morgan fingerprint density at radius 1 is 1.29 bits per heavy atom. The van der Waals surface area contributed by atoms with Crippen LogP contribution in [0.15, 0.2) is 18.2 Å². The van der Waals surface area contributed by atoms with E-state index in [1.807, 2.05) is 37.3 Å². The molecule has 0 aliphatic rings. The molecular formula is C12H21N3O2. The van der Waals surface area contributed by atoms with E-state index in [1.165, 1.54) is 0 Å². The lowest BCUT2D eigenvalue weighted by molar-refractivity contribution is 0.241. The number of hydrogen-bond acceptors (Lipinski definition) is 5. The number of hydrazine groups is 1. The molecule has 1 rings (SSSR count). The number of methoxy groups -OCH3 is 2. The van der Waals surface area contributed by atoms with Crippen molar-refractivity contribution in [3.63, 3.8) is 0 Å². The molecule has 17 heavy (non-hydrogen) atoms. The summed E-state index contributed by atoms with van der Waals surface area (Å²) in [5.41, 5.74) is 10.0. The molecule has 5 nitrogen and oxygen atoms in total. The molecule has 3 N–H and O–H groups in total. The number of hydrogen-bond donors (Lipinski definition) is 2. The first-order chi connectivity index (χ1) is 8.13. The standard InChI is InChI=1S/C12H21N3O2/c1-15(2)14-10(8-13)9-6-5-7-11(16-3)12(9)17-4/h5-7,10,14H,8,13H2,1-4H3. The van der Waals surface area contributed by atoms with Crippen LogP contribution in [0.25, 0.3) is 0 Å². The lowest BCUT2D eigenvalue weighted by Gasteiger charge is -2.24. The predicted molar refractivity (Wildman–Crippen MR) is 68.2 cm³/mol. The molecule has 0 fully saturated rings. The van der Waals surface area contributed by atoms with Crippen molar-refractivity contribution in [2.75, 3.05) is 34.9 Å². The van der Waals surface area contributed by atoms with Crippen molar-refractivity contribution in [2.45, 2.75) is 6.04 Å². The maximum atomic E-state index is 5.78. The molecule has 0 aliphatic heterocycles. The van der Waals surface area contributed by atoms with E-state index in [4.69, 9.17) is 15.2 Å². The van der Waals surface area contributed by atoms with Gasteiger partial charge < -0.3 is 15.2 Å². The number of nitrogens with two attached hydrogens (primary N) is 1. The summed E-state index contributed by atoms with van der Waals surface area (Å²) in [5.74, 6) is 1.43. The van der Waals surface area contributed by atoms with E-state index in [2.05, 4.69) is 5.43 Å². The van der Waals surface area contributed by atoms with Crippen LogP contribution in [0.2, 0.25) is 0 Å². The van der Waals surface area contributed by atoms with Gasteiger partial charge in [-0.3, -0.25) is 0 Å². The Morgan fingerprint density at radius 3 is 2.47 bits per heavy atom. The molecule has 0 aliphatic carbocycles. The molecule has 5 heteroatoms. The first-order valence-corrected chi connectivity index (χ1v) is 5.48. The van der Waals surface area contributed by atoms with E-state index in [0.29, 0.717) is 12.3 Å². The Kier molecular flexibility index (Phi) is 5.21. The summed E-state index contributed by atoms with van der Waals surface area (Å²) in [7, 11) is 7.10. The molecule has 0 saturated carbocycles. The Balaban J connectivity index is 3.09. The van der Waals surface area contributed by atoms with Gasteiger partial charge in [0.1, 0.15) is 0 Å². The number of ether oxygens (including phenoxy) is 2. The van der Waals surface area contributed by atoms with Gasteiger partial charge in [0.15, 0.2) is 11.5 Å². The summed E-state index contributed by atoms with van der Waals surface area (Å²) < 4.78 is 10.7. The van der Waals surface area contributed by atoms with Crippen LogP contribution in [0.1, 0.15) is 11.6 Å². The molecule has 0 radical (unpaired) electrons. The highest BCUT2D eigenvalue weighted by Gasteiger charge is 2.18. The van der Waals surface area contributed by atoms with Crippen LogP contribution in [0.4, 0.5) is 0 Å². The largest absolute Gasteiger partial charge is 0.493 e. The summed E-state index contributed by atoms with van der Waals surface area (Å²) in [6.45, 7) is 0.474. The average molecular weight is 239 g/mol. The van der Waals surface area contributed by atoms with Gasteiger partial charge in [-0.2, -0.15) is 0 Å². The van der Waals surface area contributed by atoms with Crippen molar-refractivity contribution < 1.29 is 9.47 Å². The number of nitrogens with one attached hydrogen (secondary N) is 1. The van der Waals surface area contributed by atoms with Gasteiger partial charge in [0.25, 0.3) is 0 Å². The van der Waals surface area contributed by atoms with Crippen LogP contribution < -0.4 is 20.6 Å². The lowest BCUT2D eigenvalue weighted by atomic mass is 10.1. The second kappa shape index (κ2) is 6.44. The quantitative estimate of drug-likeness (QED) is 0.718. The molecule has 1 aromatic rings. The third-order valence-electron chi connectivity index (χ3n) is 2.46. The lowest BCUT2D eigenvalue weighted by Crippen LogP contribution is -2.38. The third-order valence-corrected chi connectivity index (χ3v) is 2.46. The van der Waals surface area contributed by atoms with Gasteiger partial charge in [-0.1, -0.05) is 12.1 Å². The highest BCUT2D eigenvalue weighted by molar-refractivity contribution is 5.48. The molecule has 96 valence electrons. The molecule has 1 aromatic carbocycles. The fourth-order valence-electron chi connectivity index (χ4n) is 1.75. The van der Waals surface area contributed by atoms with Gasteiger partial charge in [0.2, 0.25) is 0 Å². The Bertz CT molecular complexity index is 356. The van der Waals surface area contributed by atoms with E-state index in [9.17, 15) is 0 Å². The van der Waals surface area contributed by atoms with Gasteiger partial charge in [0, 0.05) is 26.2 Å². The van der Waals surface area contributed by atoms with Crippen LogP contribution in [0.3, 0.4) is 0 Å². The number of para-hydroxylation sites is 1. The molecule has 0 spiro atoms. The van der Waals surface area contributed by atoms with Crippen molar-refractivity contribution in [1.29, 1.82) is 0 Å². The van der Waals surface area contributed by atoms with Crippen molar-refractivity contribution in [2.24, 2.45) is 5.73 Å². The summed E-state index contributed by atoms with van der Waals surface area (Å²) in [6, 6.07) is 5.77. The summed E-state index contributed by atoms with van der Waals surface area (Å²) in [5, 5.41) is 1.87. The summed E-state index contributed by atoms with van der Waals surface area (Å²) in [4.78, 5) is 0. The Hall–Kier alpha value is -1.30. The highest BCUT2D eigenvalue weighted by atomic mass is 16.5. The second-order valence-electron chi connectivity index (χ2n) is 3.89. The smallest absolute Gasteiger partial charge is 0.165 e. The normalized spacial score (nSPS) is 12.6. The predicted octanol–water partition coefficient (Wildman–Crippen LogP) is 0.770. The minimum atomic E-state index is -0.00458. The highest BCUT2D eigenvalue weighted by Crippen LogP contribution is 2.34. The SMILES string of the molecule is COc1cccc(C(CN)NN(C)C)c1OC. The molecule has 1 unspecified atom stereocenters. The number of rotatable bonds is 6. The number of benzene rings is 1. The van der Waals surface area contributed by atoms with Gasteiger partial charge in [-0.05, 0) is 6.07 Å². The van der Waals surface area contributed by atoms with E-state index >= 15 is 0 Å². The number of nitrogens with zero attached hydrogens (tertiary/aromatic N) is 1. The zero-order chi connectivity index (χ0) is 12.8. The zero-order valence-corrected chi connectivity index (χ0v) is 10.9. The Morgan fingerprint density at radius 2 is 2.00 bits per heavy atom. The summed E-state index contributed by atoms with van der Waals surface area (Å²) >= 11 is 0. The van der Waals surface area contributed by atoms with E-state index in [0.717, 1.165) is 11.3 Å². The van der Waals surface area contributed by atoms with Crippen LogP contribution >= 0.6 is 0 Å². The molecule has 1 atom stereocenters. The average Bonchev–Trinajstić information content (AvgIpc) is 2.34. The van der Waals surface area contributed by atoms with Gasteiger partial charge in [-0.25, -0.2) is 10.4 Å². The van der Waals surface area contributed by atoms with Crippen molar-refractivity contribution >= 4 is 0 Å². The van der Waals surface area contributed by atoms with Crippen molar-refractivity contribution in [3.8, 4) is 11.5 Å². The molecule has 0 aromatic heterocycles. The van der Waals surface area contributed by atoms with Crippen LogP contribution in [-0.4, -0.2) is 39.9 Å². The minimum Gasteiger partial charge on any atom is -0.493 e. The van der Waals surface area contributed by atoms with Gasteiger partial charge in [-0.15, -0.1) is 0 Å². The van der Waals surface area contributed by atoms with Gasteiger partial charge in [0.05, 0.1) is 20.3 Å². The molecule has 0 amide bonds. The first-order valence-electron chi connectivity index (χ1n) is 5.48. The minimum absolute atomic E-state index is 0.00458. The molecule has 0 bridgehead atoms. The Labute approximate surface area is 102 Å². The van der Waals surface area contributed by atoms with Crippen molar-refractivity contribution in [3.05, 3.63) is 23.8 Å². The maximum absolute atomic E-state index is 5.78.